The Bertz CT molecular complexity index is 388. The summed E-state index contributed by atoms with van der Waals surface area (Å²) in [5.74, 6) is -0.203. The number of hydrogen-bond acceptors (Lipinski definition) is 3. The number of hydrogen-bond donors (Lipinski definition) is 2. The van der Waals surface area contributed by atoms with Crippen LogP contribution in [0, 0.1) is 0 Å². The average molecular weight is 240 g/mol. The van der Waals surface area contributed by atoms with Gasteiger partial charge in [-0.25, -0.2) is 0 Å². The van der Waals surface area contributed by atoms with Crippen LogP contribution in [-0.2, 0) is 7.05 Å². The van der Waals surface area contributed by atoms with E-state index in [0.717, 1.165) is 12.8 Å². The second-order valence-electron chi connectivity index (χ2n) is 3.56. The Morgan fingerprint density at radius 3 is 2.88 bits per heavy atom. The Kier molecular flexibility index (Phi) is 4.42. The summed E-state index contributed by atoms with van der Waals surface area (Å²) in [4.78, 5) is 12.1. The number of carbonyl (C=O) groups excluding carboxylic acids is 1. The Morgan fingerprint density at radius 2 is 2.44 bits per heavy atom. The van der Waals surface area contributed by atoms with Crippen LogP contribution in [-0.4, -0.2) is 26.7 Å². The smallest absolute Gasteiger partial charge is 0.270 e. The zero-order chi connectivity index (χ0) is 12.1. The summed E-state index contributed by atoms with van der Waals surface area (Å²) in [5.41, 5.74) is 6.05. The molecule has 0 aliphatic carbocycles. The van der Waals surface area contributed by atoms with E-state index in [1.807, 2.05) is 6.92 Å². The highest BCUT2D eigenvalue weighted by Gasteiger charge is 2.17. The SMILES string of the molecule is CCCC(NC(=O)c1ccnn1C)C(N)=S. The van der Waals surface area contributed by atoms with E-state index >= 15 is 0 Å². The van der Waals surface area contributed by atoms with Crippen molar-refractivity contribution >= 4 is 23.1 Å². The van der Waals surface area contributed by atoms with E-state index in [9.17, 15) is 4.79 Å². The molecule has 0 aliphatic rings. The quantitative estimate of drug-likeness (QED) is 0.739. The van der Waals surface area contributed by atoms with E-state index in [1.54, 1.807) is 19.3 Å². The molecule has 3 N–H and O–H groups in total. The molecule has 1 aromatic rings. The number of nitrogens with two attached hydrogens (primary N) is 1. The van der Waals surface area contributed by atoms with E-state index in [1.165, 1.54) is 4.68 Å². The van der Waals surface area contributed by atoms with Gasteiger partial charge < -0.3 is 11.1 Å². The van der Waals surface area contributed by atoms with Gasteiger partial charge in [-0.1, -0.05) is 25.6 Å². The van der Waals surface area contributed by atoms with Crippen LogP contribution < -0.4 is 11.1 Å². The molecule has 6 heteroatoms. The average Bonchev–Trinajstić information content (AvgIpc) is 2.63. The van der Waals surface area contributed by atoms with Crippen LogP contribution in [0.2, 0.25) is 0 Å². The molecule has 1 aromatic heterocycles. The summed E-state index contributed by atoms with van der Waals surface area (Å²) in [7, 11) is 1.71. The van der Waals surface area contributed by atoms with Crippen molar-refractivity contribution in [3.8, 4) is 0 Å². The lowest BCUT2D eigenvalue weighted by Gasteiger charge is -2.16. The van der Waals surface area contributed by atoms with E-state index in [0.29, 0.717) is 10.7 Å². The highest BCUT2D eigenvalue weighted by Crippen LogP contribution is 2.01. The number of nitrogens with zero attached hydrogens (tertiary/aromatic N) is 2. The molecule has 1 heterocycles. The molecular formula is C10H16N4OS. The molecule has 88 valence electrons. The lowest BCUT2D eigenvalue weighted by Crippen LogP contribution is -2.43. The maximum absolute atomic E-state index is 11.8. The first-order valence-corrected chi connectivity index (χ1v) is 5.55. The Morgan fingerprint density at radius 1 is 1.75 bits per heavy atom. The maximum Gasteiger partial charge on any atom is 0.270 e. The monoisotopic (exact) mass is 240 g/mol. The van der Waals surface area contributed by atoms with Crippen molar-refractivity contribution in [2.45, 2.75) is 25.8 Å². The predicted molar refractivity (Wildman–Crippen MR) is 66.2 cm³/mol. The van der Waals surface area contributed by atoms with Crippen LogP contribution in [0.25, 0.3) is 0 Å². The summed E-state index contributed by atoms with van der Waals surface area (Å²) in [5, 5.41) is 6.72. The summed E-state index contributed by atoms with van der Waals surface area (Å²) in [6.45, 7) is 2.02. The van der Waals surface area contributed by atoms with E-state index in [4.69, 9.17) is 18.0 Å². The van der Waals surface area contributed by atoms with Crippen molar-refractivity contribution in [3.63, 3.8) is 0 Å². The second-order valence-corrected chi connectivity index (χ2v) is 4.03. The van der Waals surface area contributed by atoms with Crippen molar-refractivity contribution in [2.24, 2.45) is 12.8 Å². The standard InChI is InChI=1S/C10H16N4OS/c1-3-4-7(9(11)16)13-10(15)8-5-6-12-14(8)2/h5-7H,3-4H2,1-2H3,(H2,11,16)(H,13,15). The van der Waals surface area contributed by atoms with Gasteiger partial charge in [0.1, 0.15) is 5.69 Å². The van der Waals surface area contributed by atoms with Crippen molar-refractivity contribution in [3.05, 3.63) is 18.0 Å². The first kappa shape index (κ1) is 12.6. The van der Waals surface area contributed by atoms with E-state index in [-0.39, 0.29) is 11.9 Å². The third kappa shape index (κ3) is 3.03. The molecule has 0 bridgehead atoms. The minimum absolute atomic E-state index is 0.203. The molecule has 16 heavy (non-hydrogen) atoms. The highest BCUT2D eigenvalue weighted by molar-refractivity contribution is 7.80. The van der Waals surface area contributed by atoms with Crippen LogP contribution >= 0.6 is 12.2 Å². The van der Waals surface area contributed by atoms with Crippen LogP contribution in [0.4, 0.5) is 0 Å². The molecule has 0 spiro atoms. The molecule has 0 radical (unpaired) electrons. The number of aromatic nitrogens is 2. The largest absolute Gasteiger partial charge is 0.392 e. The first-order chi connectivity index (χ1) is 7.56. The number of amides is 1. The predicted octanol–water partition coefficient (Wildman–Crippen LogP) is 0.605. The van der Waals surface area contributed by atoms with Gasteiger partial charge in [0.15, 0.2) is 0 Å². The molecule has 1 rings (SSSR count). The van der Waals surface area contributed by atoms with Crippen LogP contribution in [0.5, 0.6) is 0 Å². The molecular weight excluding hydrogens is 224 g/mol. The molecule has 0 aromatic carbocycles. The zero-order valence-electron chi connectivity index (χ0n) is 9.43. The molecule has 0 aliphatic heterocycles. The molecule has 1 amide bonds. The van der Waals surface area contributed by atoms with Gasteiger partial charge >= 0.3 is 0 Å². The minimum atomic E-state index is -0.248. The van der Waals surface area contributed by atoms with Gasteiger partial charge in [-0.3, -0.25) is 9.48 Å². The fourth-order valence-electron chi connectivity index (χ4n) is 1.40. The van der Waals surface area contributed by atoms with Gasteiger partial charge in [-0.2, -0.15) is 5.10 Å². The van der Waals surface area contributed by atoms with Crippen LogP contribution in [0.15, 0.2) is 12.3 Å². The Balaban J connectivity index is 2.69. The topological polar surface area (TPSA) is 72.9 Å². The third-order valence-corrected chi connectivity index (χ3v) is 2.56. The van der Waals surface area contributed by atoms with Gasteiger partial charge in [-0.15, -0.1) is 0 Å². The fraction of sp³-hybridized carbons (Fsp3) is 0.500. The van der Waals surface area contributed by atoms with Crippen LogP contribution in [0.3, 0.4) is 0 Å². The molecule has 1 atom stereocenters. The Hall–Kier alpha value is -1.43. The maximum atomic E-state index is 11.8. The van der Waals surface area contributed by atoms with Crippen molar-refractivity contribution in [1.82, 2.24) is 15.1 Å². The van der Waals surface area contributed by atoms with Crippen molar-refractivity contribution in [2.75, 3.05) is 0 Å². The van der Waals surface area contributed by atoms with E-state index < -0.39 is 0 Å². The summed E-state index contributed by atoms with van der Waals surface area (Å²) in [6, 6.07) is 1.40. The number of carbonyl (C=O) groups is 1. The molecule has 0 fully saturated rings. The number of thiocarbonyl (C=S) groups is 1. The summed E-state index contributed by atoms with van der Waals surface area (Å²) < 4.78 is 1.51. The lowest BCUT2D eigenvalue weighted by molar-refractivity contribution is 0.0936. The van der Waals surface area contributed by atoms with Crippen molar-refractivity contribution in [1.29, 1.82) is 0 Å². The Labute approximate surface area is 100 Å². The lowest BCUT2D eigenvalue weighted by atomic mass is 10.1. The van der Waals surface area contributed by atoms with Crippen LogP contribution in [0.1, 0.15) is 30.3 Å². The first-order valence-electron chi connectivity index (χ1n) is 5.14. The molecule has 0 saturated heterocycles. The number of aryl methyl sites for hydroxylation is 1. The van der Waals surface area contributed by atoms with Gasteiger partial charge in [0.05, 0.1) is 11.0 Å². The third-order valence-electron chi connectivity index (χ3n) is 2.28. The minimum Gasteiger partial charge on any atom is -0.392 e. The van der Waals surface area contributed by atoms with Gasteiger partial charge in [0.25, 0.3) is 5.91 Å². The summed E-state index contributed by atoms with van der Waals surface area (Å²) in [6.07, 6.45) is 3.23. The molecule has 5 nitrogen and oxygen atoms in total. The van der Waals surface area contributed by atoms with E-state index in [2.05, 4.69) is 10.4 Å². The normalized spacial score (nSPS) is 12.1. The van der Waals surface area contributed by atoms with Crippen molar-refractivity contribution < 1.29 is 4.79 Å². The molecule has 0 saturated carbocycles. The highest BCUT2D eigenvalue weighted by atomic mass is 32.1. The van der Waals surface area contributed by atoms with Gasteiger partial charge in [0, 0.05) is 13.2 Å². The summed E-state index contributed by atoms with van der Waals surface area (Å²) >= 11 is 4.90. The second kappa shape index (κ2) is 5.60. The zero-order valence-corrected chi connectivity index (χ0v) is 10.3. The number of rotatable bonds is 5. The number of nitrogens with one attached hydrogen (secondary N) is 1. The van der Waals surface area contributed by atoms with Gasteiger partial charge in [0.2, 0.25) is 0 Å². The van der Waals surface area contributed by atoms with Gasteiger partial charge in [-0.05, 0) is 12.5 Å². The fourth-order valence-corrected chi connectivity index (χ4v) is 1.58. The molecule has 1 unspecified atom stereocenters.